The number of aryl methyl sites for hydroxylation is 1. The van der Waals surface area contributed by atoms with E-state index in [0.717, 1.165) is 10.1 Å². The maximum Gasteiger partial charge on any atom is 0.174 e. The van der Waals surface area contributed by atoms with E-state index in [9.17, 15) is 0 Å². The molecule has 3 nitrogen and oxygen atoms in total. The van der Waals surface area contributed by atoms with E-state index in [2.05, 4.69) is 46.7 Å². The molecule has 0 spiro atoms. The second-order valence-electron chi connectivity index (χ2n) is 3.77. The van der Waals surface area contributed by atoms with Crippen LogP contribution in [0.5, 0.6) is 0 Å². The van der Waals surface area contributed by atoms with E-state index in [4.69, 9.17) is 0 Å². The first kappa shape index (κ1) is 12.5. The van der Waals surface area contributed by atoms with E-state index < -0.39 is 0 Å². The van der Waals surface area contributed by atoms with Crippen molar-refractivity contribution in [2.75, 3.05) is 12.8 Å². The number of nitrogens with zero attached hydrogens (tertiary/aromatic N) is 2. The molecule has 17 heavy (non-hydrogen) atoms. The van der Waals surface area contributed by atoms with E-state index in [1.54, 1.807) is 28.6 Å². The predicted octanol–water partition coefficient (Wildman–Crippen LogP) is 2.90. The highest BCUT2D eigenvalue weighted by Crippen LogP contribution is 2.25. The molecule has 1 unspecified atom stereocenters. The predicted molar refractivity (Wildman–Crippen MR) is 73.6 cm³/mol. The van der Waals surface area contributed by atoms with Gasteiger partial charge in [-0.15, -0.1) is 10.2 Å². The molecule has 0 amide bonds. The summed E-state index contributed by atoms with van der Waals surface area (Å²) in [6, 6.07) is 9.00. The SMILES string of the molecule is CNC(CSc1nncs1)c1ccc(C)cc1. The summed E-state index contributed by atoms with van der Waals surface area (Å²) in [6.45, 7) is 2.11. The summed E-state index contributed by atoms with van der Waals surface area (Å²) in [5.41, 5.74) is 4.37. The second-order valence-corrected chi connectivity index (χ2v) is 5.87. The zero-order valence-corrected chi connectivity index (χ0v) is 11.5. The third-order valence-electron chi connectivity index (χ3n) is 2.54. The van der Waals surface area contributed by atoms with Gasteiger partial charge in [0.05, 0.1) is 0 Å². The smallest absolute Gasteiger partial charge is 0.174 e. The zero-order chi connectivity index (χ0) is 12.1. The lowest BCUT2D eigenvalue weighted by molar-refractivity contribution is 0.661. The molecular weight excluding hydrogens is 250 g/mol. The summed E-state index contributed by atoms with van der Waals surface area (Å²) < 4.78 is 1.03. The van der Waals surface area contributed by atoms with Crippen molar-refractivity contribution in [3.05, 3.63) is 40.9 Å². The highest BCUT2D eigenvalue weighted by Gasteiger charge is 2.10. The summed E-state index contributed by atoms with van der Waals surface area (Å²) in [5, 5.41) is 11.2. The van der Waals surface area contributed by atoms with Gasteiger partial charge in [-0.2, -0.15) is 0 Å². The minimum atomic E-state index is 0.351. The first-order valence-corrected chi connectivity index (χ1v) is 7.29. The van der Waals surface area contributed by atoms with Gasteiger partial charge in [0.2, 0.25) is 0 Å². The summed E-state index contributed by atoms with van der Waals surface area (Å²) in [4.78, 5) is 0. The van der Waals surface area contributed by atoms with Gasteiger partial charge in [-0.05, 0) is 19.5 Å². The normalized spacial score (nSPS) is 12.6. The van der Waals surface area contributed by atoms with Gasteiger partial charge >= 0.3 is 0 Å². The number of hydrogen-bond donors (Lipinski definition) is 1. The lowest BCUT2D eigenvalue weighted by Crippen LogP contribution is -2.18. The Labute approximate surface area is 110 Å². The topological polar surface area (TPSA) is 37.8 Å². The lowest BCUT2D eigenvalue weighted by Gasteiger charge is -2.15. The van der Waals surface area contributed by atoms with Crippen molar-refractivity contribution in [1.82, 2.24) is 15.5 Å². The van der Waals surface area contributed by atoms with E-state index in [1.807, 2.05) is 7.05 Å². The molecule has 1 atom stereocenters. The van der Waals surface area contributed by atoms with Crippen LogP contribution in [0.2, 0.25) is 0 Å². The van der Waals surface area contributed by atoms with Crippen LogP contribution in [0.3, 0.4) is 0 Å². The number of aromatic nitrogens is 2. The number of rotatable bonds is 5. The Morgan fingerprint density at radius 3 is 2.71 bits per heavy atom. The van der Waals surface area contributed by atoms with Crippen LogP contribution >= 0.6 is 23.1 Å². The number of nitrogens with one attached hydrogen (secondary N) is 1. The lowest BCUT2D eigenvalue weighted by atomic mass is 10.1. The van der Waals surface area contributed by atoms with Gasteiger partial charge in [0.25, 0.3) is 0 Å². The third kappa shape index (κ3) is 3.52. The van der Waals surface area contributed by atoms with E-state index in [1.165, 1.54) is 11.1 Å². The molecule has 90 valence electrons. The largest absolute Gasteiger partial charge is 0.312 e. The van der Waals surface area contributed by atoms with Crippen LogP contribution < -0.4 is 5.32 Å². The van der Waals surface area contributed by atoms with Gasteiger partial charge in [0.1, 0.15) is 5.51 Å². The van der Waals surface area contributed by atoms with E-state index in [0.29, 0.717) is 6.04 Å². The molecule has 0 saturated heterocycles. The third-order valence-corrected chi connectivity index (χ3v) is 4.50. The van der Waals surface area contributed by atoms with Crippen LogP contribution in [0.15, 0.2) is 34.1 Å². The van der Waals surface area contributed by atoms with Gasteiger partial charge in [0, 0.05) is 11.8 Å². The Hall–Kier alpha value is -0.910. The molecule has 1 N–H and O–H groups in total. The maximum absolute atomic E-state index is 4.03. The Balaban J connectivity index is 1.99. The molecule has 1 aromatic heterocycles. The fourth-order valence-corrected chi connectivity index (χ4v) is 3.18. The molecule has 0 bridgehead atoms. The summed E-state index contributed by atoms with van der Waals surface area (Å²) in [5.74, 6) is 0.967. The Kier molecular flexibility index (Phi) is 4.53. The van der Waals surface area contributed by atoms with Gasteiger partial charge in [-0.25, -0.2) is 0 Å². The standard InChI is InChI=1S/C12H15N3S2/c1-9-3-5-10(6-4-9)11(13-2)7-16-12-15-14-8-17-12/h3-6,8,11,13H,7H2,1-2H3. The fraction of sp³-hybridized carbons (Fsp3) is 0.333. The van der Waals surface area contributed by atoms with Gasteiger partial charge in [-0.1, -0.05) is 52.9 Å². The number of benzene rings is 1. The Morgan fingerprint density at radius 1 is 1.35 bits per heavy atom. The van der Waals surface area contributed by atoms with Crippen LogP contribution in [-0.4, -0.2) is 23.0 Å². The molecule has 0 saturated carbocycles. The molecule has 1 heterocycles. The minimum Gasteiger partial charge on any atom is -0.312 e. The quantitative estimate of drug-likeness (QED) is 0.844. The van der Waals surface area contributed by atoms with Crippen molar-refractivity contribution in [3.8, 4) is 0 Å². The average Bonchev–Trinajstić information content (AvgIpc) is 2.85. The van der Waals surface area contributed by atoms with Crippen LogP contribution in [0.1, 0.15) is 17.2 Å². The minimum absolute atomic E-state index is 0.351. The average molecular weight is 265 g/mol. The summed E-state index contributed by atoms with van der Waals surface area (Å²) in [6.07, 6.45) is 0. The first-order valence-electron chi connectivity index (χ1n) is 5.42. The van der Waals surface area contributed by atoms with Crippen LogP contribution in [0.25, 0.3) is 0 Å². The van der Waals surface area contributed by atoms with Crippen molar-refractivity contribution in [1.29, 1.82) is 0 Å². The van der Waals surface area contributed by atoms with Crippen LogP contribution in [0.4, 0.5) is 0 Å². The number of hydrogen-bond acceptors (Lipinski definition) is 5. The highest BCUT2D eigenvalue weighted by atomic mass is 32.2. The second kappa shape index (κ2) is 6.14. The van der Waals surface area contributed by atoms with Gasteiger partial charge in [-0.3, -0.25) is 0 Å². The molecule has 2 aromatic rings. The van der Waals surface area contributed by atoms with E-state index in [-0.39, 0.29) is 0 Å². The molecule has 1 aromatic carbocycles. The monoisotopic (exact) mass is 265 g/mol. The van der Waals surface area contributed by atoms with Crippen molar-refractivity contribution in [2.24, 2.45) is 0 Å². The van der Waals surface area contributed by atoms with Crippen LogP contribution in [-0.2, 0) is 0 Å². The molecule has 0 aliphatic carbocycles. The molecule has 2 rings (SSSR count). The van der Waals surface area contributed by atoms with Crippen molar-refractivity contribution >= 4 is 23.1 Å². The van der Waals surface area contributed by atoms with Gasteiger partial charge in [0.15, 0.2) is 4.34 Å². The Bertz CT molecular complexity index is 439. The fourth-order valence-electron chi connectivity index (χ4n) is 1.53. The summed E-state index contributed by atoms with van der Waals surface area (Å²) >= 11 is 3.33. The molecule has 0 fully saturated rings. The van der Waals surface area contributed by atoms with Crippen molar-refractivity contribution < 1.29 is 0 Å². The molecule has 0 aliphatic rings. The molecule has 0 aliphatic heterocycles. The molecular formula is C12H15N3S2. The maximum atomic E-state index is 4.03. The van der Waals surface area contributed by atoms with Crippen molar-refractivity contribution in [2.45, 2.75) is 17.3 Å². The van der Waals surface area contributed by atoms with Crippen LogP contribution in [0, 0.1) is 6.92 Å². The highest BCUT2D eigenvalue weighted by molar-refractivity contribution is 8.01. The zero-order valence-electron chi connectivity index (χ0n) is 9.88. The summed E-state index contributed by atoms with van der Waals surface area (Å²) in [7, 11) is 1.99. The Morgan fingerprint density at radius 2 is 2.12 bits per heavy atom. The first-order chi connectivity index (χ1) is 8.29. The number of thioether (sulfide) groups is 1. The van der Waals surface area contributed by atoms with Gasteiger partial charge < -0.3 is 5.32 Å². The van der Waals surface area contributed by atoms with Crippen molar-refractivity contribution in [3.63, 3.8) is 0 Å². The van der Waals surface area contributed by atoms with E-state index >= 15 is 0 Å². The molecule has 0 radical (unpaired) electrons. The molecule has 5 heteroatoms.